The van der Waals surface area contributed by atoms with Crippen LogP contribution in [-0.4, -0.2) is 22.5 Å². The number of aliphatic carboxylic acids is 1. The minimum absolute atomic E-state index is 0.399. The normalized spacial score (nSPS) is 15.1. The van der Waals surface area contributed by atoms with E-state index in [0.717, 1.165) is 0 Å². The highest BCUT2D eigenvalue weighted by molar-refractivity contribution is 5.90. The quantitative estimate of drug-likeness (QED) is 0.772. The summed E-state index contributed by atoms with van der Waals surface area (Å²) in [5, 5.41) is 12.2. The van der Waals surface area contributed by atoms with Crippen LogP contribution in [0.25, 0.3) is 0 Å². The summed E-state index contributed by atoms with van der Waals surface area (Å²) in [6.07, 6.45) is 0. The molecule has 5 heteroatoms. The van der Waals surface area contributed by atoms with Crippen LogP contribution < -0.4 is 11.1 Å². The average Bonchev–Trinajstić information content (AvgIpc) is 2.37. The van der Waals surface area contributed by atoms with Crippen molar-refractivity contribution in [3.8, 4) is 0 Å². The molecule has 116 valence electrons. The van der Waals surface area contributed by atoms with Gasteiger partial charge in [0.25, 0.3) is 0 Å². The van der Waals surface area contributed by atoms with Crippen LogP contribution in [0.5, 0.6) is 0 Å². The first-order chi connectivity index (χ1) is 9.43. The van der Waals surface area contributed by atoms with Crippen molar-refractivity contribution in [2.45, 2.75) is 45.7 Å². The van der Waals surface area contributed by atoms with Crippen molar-refractivity contribution in [2.75, 3.05) is 0 Å². The number of benzene rings is 1. The third-order valence-electron chi connectivity index (χ3n) is 4.32. The number of carbonyl (C=O) groups excluding carboxylic acids is 1. The lowest BCUT2D eigenvalue weighted by molar-refractivity contribution is -0.150. The molecule has 0 heterocycles. The molecule has 0 bridgehead atoms. The number of amides is 1. The summed E-state index contributed by atoms with van der Waals surface area (Å²) < 4.78 is 0. The Labute approximate surface area is 125 Å². The van der Waals surface area contributed by atoms with Gasteiger partial charge in [0.15, 0.2) is 5.54 Å². The van der Waals surface area contributed by atoms with Crippen molar-refractivity contribution < 1.29 is 14.7 Å². The summed E-state index contributed by atoms with van der Waals surface area (Å²) in [5.41, 5.74) is 3.35. The summed E-state index contributed by atoms with van der Waals surface area (Å²) in [6, 6.07) is 8.62. The largest absolute Gasteiger partial charge is 0.479 e. The van der Waals surface area contributed by atoms with Gasteiger partial charge in [0, 0.05) is 5.54 Å². The molecule has 0 radical (unpaired) electrons. The standard InChI is InChI=1S/C16H24N2O3/c1-14(2,15(3,4)17)12(19)18-16(5,13(20)21)11-9-7-6-8-10-11/h6-10H,17H2,1-5H3,(H,18,19)(H,20,21). The summed E-state index contributed by atoms with van der Waals surface area (Å²) in [5.74, 6) is -1.52. The molecular formula is C16H24N2O3. The Kier molecular flexibility index (Phi) is 4.48. The molecule has 0 spiro atoms. The van der Waals surface area contributed by atoms with E-state index < -0.39 is 28.4 Å². The van der Waals surface area contributed by atoms with Crippen molar-refractivity contribution in [1.29, 1.82) is 0 Å². The van der Waals surface area contributed by atoms with Crippen LogP contribution in [0.1, 0.15) is 40.2 Å². The van der Waals surface area contributed by atoms with Crippen LogP contribution in [0.15, 0.2) is 30.3 Å². The molecule has 21 heavy (non-hydrogen) atoms. The van der Waals surface area contributed by atoms with Crippen molar-refractivity contribution in [1.82, 2.24) is 5.32 Å². The Bertz CT molecular complexity index is 532. The predicted octanol–water partition coefficient (Wildman–Crippen LogP) is 1.87. The lowest BCUT2D eigenvalue weighted by atomic mass is 9.73. The molecule has 1 aromatic carbocycles. The van der Waals surface area contributed by atoms with Gasteiger partial charge >= 0.3 is 5.97 Å². The molecule has 4 N–H and O–H groups in total. The van der Waals surface area contributed by atoms with E-state index in [0.29, 0.717) is 5.56 Å². The summed E-state index contributed by atoms with van der Waals surface area (Å²) in [6.45, 7) is 8.37. The molecule has 0 aromatic heterocycles. The maximum Gasteiger partial charge on any atom is 0.333 e. The maximum atomic E-state index is 12.6. The fourth-order valence-corrected chi connectivity index (χ4v) is 1.70. The third-order valence-corrected chi connectivity index (χ3v) is 4.32. The Balaban J connectivity index is 3.17. The number of hydrogen-bond acceptors (Lipinski definition) is 3. The Morgan fingerprint density at radius 1 is 1.05 bits per heavy atom. The third kappa shape index (κ3) is 3.24. The van der Waals surface area contributed by atoms with Crippen LogP contribution in [0.2, 0.25) is 0 Å². The lowest BCUT2D eigenvalue weighted by Gasteiger charge is -2.39. The van der Waals surface area contributed by atoms with E-state index in [1.807, 2.05) is 0 Å². The molecule has 0 aliphatic heterocycles. The molecular weight excluding hydrogens is 268 g/mol. The summed E-state index contributed by atoms with van der Waals surface area (Å²) in [7, 11) is 0. The number of rotatable bonds is 5. The van der Waals surface area contributed by atoms with E-state index in [1.54, 1.807) is 58.0 Å². The number of carboxylic acid groups (broad SMARTS) is 1. The van der Waals surface area contributed by atoms with E-state index in [9.17, 15) is 14.7 Å². The van der Waals surface area contributed by atoms with E-state index in [4.69, 9.17) is 5.73 Å². The Morgan fingerprint density at radius 2 is 1.52 bits per heavy atom. The summed E-state index contributed by atoms with van der Waals surface area (Å²) in [4.78, 5) is 24.2. The summed E-state index contributed by atoms with van der Waals surface area (Å²) >= 11 is 0. The monoisotopic (exact) mass is 292 g/mol. The molecule has 1 amide bonds. The topological polar surface area (TPSA) is 92.4 Å². The van der Waals surface area contributed by atoms with E-state index in [1.165, 1.54) is 6.92 Å². The second-order valence-corrected chi connectivity index (χ2v) is 6.60. The second-order valence-electron chi connectivity index (χ2n) is 6.60. The molecule has 0 saturated heterocycles. The number of hydrogen-bond donors (Lipinski definition) is 3. The van der Waals surface area contributed by atoms with Gasteiger partial charge in [-0.2, -0.15) is 0 Å². The van der Waals surface area contributed by atoms with Gasteiger partial charge in [-0.15, -0.1) is 0 Å². The van der Waals surface area contributed by atoms with Crippen LogP contribution >= 0.6 is 0 Å². The Morgan fingerprint density at radius 3 is 1.90 bits per heavy atom. The van der Waals surface area contributed by atoms with E-state index in [-0.39, 0.29) is 0 Å². The highest BCUT2D eigenvalue weighted by Crippen LogP contribution is 2.31. The van der Waals surface area contributed by atoms with Gasteiger partial charge in [-0.1, -0.05) is 30.3 Å². The van der Waals surface area contributed by atoms with Gasteiger partial charge < -0.3 is 16.2 Å². The fraction of sp³-hybridized carbons (Fsp3) is 0.500. The molecule has 1 aromatic rings. The minimum atomic E-state index is -1.50. The van der Waals surface area contributed by atoms with Gasteiger partial charge in [-0.3, -0.25) is 4.79 Å². The van der Waals surface area contributed by atoms with Crippen molar-refractivity contribution in [3.05, 3.63) is 35.9 Å². The first kappa shape index (κ1) is 17.2. The van der Waals surface area contributed by atoms with Crippen LogP contribution in [0.3, 0.4) is 0 Å². The molecule has 1 rings (SSSR count). The van der Waals surface area contributed by atoms with Gasteiger partial charge in [-0.05, 0) is 40.2 Å². The SMILES string of the molecule is CC(NC(=O)C(C)(C)C(C)(C)N)(C(=O)O)c1ccccc1. The minimum Gasteiger partial charge on any atom is -0.479 e. The van der Waals surface area contributed by atoms with Gasteiger partial charge in [0.05, 0.1) is 5.41 Å². The molecule has 0 fully saturated rings. The number of carboxylic acids is 1. The molecule has 0 saturated carbocycles. The average molecular weight is 292 g/mol. The first-order valence-corrected chi connectivity index (χ1v) is 6.83. The van der Waals surface area contributed by atoms with Crippen molar-refractivity contribution in [3.63, 3.8) is 0 Å². The zero-order chi connectivity index (χ0) is 16.5. The van der Waals surface area contributed by atoms with Crippen molar-refractivity contribution in [2.24, 2.45) is 11.1 Å². The zero-order valence-corrected chi connectivity index (χ0v) is 13.2. The number of carbonyl (C=O) groups is 2. The smallest absolute Gasteiger partial charge is 0.333 e. The lowest BCUT2D eigenvalue weighted by Crippen LogP contribution is -2.60. The van der Waals surface area contributed by atoms with Crippen molar-refractivity contribution >= 4 is 11.9 Å². The highest BCUT2D eigenvalue weighted by Gasteiger charge is 2.45. The Hall–Kier alpha value is -1.88. The molecule has 5 nitrogen and oxygen atoms in total. The first-order valence-electron chi connectivity index (χ1n) is 6.83. The molecule has 0 aliphatic carbocycles. The zero-order valence-electron chi connectivity index (χ0n) is 13.2. The molecule has 1 unspecified atom stereocenters. The van der Waals surface area contributed by atoms with Gasteiger partial charge in [0.1, 0.15) is 0 Å². The van der Waals surface area contributed by atoms with Gasteiger partial charge in [0.2, 0.25) is 5.91 Å². The van der Waals surface area contributed by atoms with Crippen LogP contribution in [-0.2, 0) is 15.1 Å². The van der Waals surface area contributed by atoms with E-state index >= 15 is 0 Å². The maximum absolute atomic E-state index is 12.6. The molecule has 1 atom stereocenters. The molecule has 0 aliphatic rings. The predicted molar refractivity (Wildman–Crippen MR) is 81.6 cm³/mol. The highest BCUT2D eigenvalue weighted by atomic mass is 16.4. The van der Waals surface area contributed by atoms with Gasteiger partial charge in [-0.25, -0.2) is 4.79 Å². The fourth-order valence-electron chi connectivity index (χ4n) is 1.70. The van der Waals surface area contributed by atoms with E-state index in [2.05, 4.69) is 5.32 Å². The second kappa shape index (κ2) is 5.48. The number of nitrogens with two attached hydrogens (primary N) is 1. The van der Waals surface area contributed by atoms with Crippen LogP contribution in [0.4, 0.5) is 0 Å². The number of nitrogens with one attached hydrogen (secondary N) is 1. The van der Waals surface area contributed by atoms with Crippen LogP contribution in [0, 0.1) is 5.41 Å².